The Morgan fingerprint density at radius 1 is 0.307 bits per heavy atom. The van der Waals surface area contributed by atoms with E-state index in [4.69, 9.17) is 8.83 Å². The van der Waals surface area contributed by atoms with Crippen molar-refractivity contribution in [2.75, 3.05) is 9.80 Å². The Morgan fingerprint density at radius 3 is 1.19 bits per heavy atom. The molecule has 0 atom stereocenters. The summed E-state index contributed by atoms with van der Waals surface area (Å²) < 4.78 is 13.5. The van der Waals surface area contributed by atoms with Crippen LogP contribution in [-0.2, 0) is 5.41 Å². The van der Waals surface area contributed by atoms with Crippen molar-refractivity contribution in [3.8, 4) is 22.3 Å². The Bertz CT molecular complexity index is 4430. The molecule has 2 heterocycles. The van der Waals surface area contributed by atoms with Crippen LogP contribution < -0.4 is 9.80 Å². The van der Waals surface area contributed by atoms with Gasteiger partial charge in [-0.1, -0.05) is 182 Å². The van der Waals surface area contributed by atoms with E-state index in [-0.39, 0.29) is 0 Å². The molecule has 75 heavy (non-hydrogen) atoms. The van der Waals surface area contributed by atoms with Crippen molar-refractivity contribution in [2.24, 2.45) is 0 Å². The Balaban J connectivity index is 0.933. The SMILES string of the molecule is Cc1ccccc1N(c1ccc2c3c(ccc2c1)-c1ccc2cc(N(c4ccccc4C)c4cccc5c4oc4ccccc45)ccc2c1C31c2ccccc2-c2ccccc21)c1cccc2c1oc1ccccc12. The van der Waals surface area contributed by atoms with Gasteiger partial charge in [0.1, 0.15) is 11.2 Å². The molecule has 352 valence electrons. The molecule has 2 aliphatic rings. The molecule has 14 aromatic rings. The van der Waals surface area contributed by atoms with E-state index in [0.717, 1.165) is 78.0 Å². The zero-order valence-electron chi connectivity index (χ0n) is 41.3. The molecular weight excluding hydrogens is 913 g/mol. The lowest BCUT2D eigenvalue weighted by Crippen LogP contribution is -2.26. The van der Waals surface area contributed by atoms with Crippen LogP contribution >= 0.6 is 0 Å². The number of para-hydroxylation sites is 6. The molecule has 0 saturated carbocycles. The maximum Gasteiger partial charge on any atom is 0.159 e. The van der Waals surface area contributed by atoms with E-state index in [1.54, 1.807) is 0 Å². The quantitative estimate of drug-likeness (QED) is 0.166. The minimum atomic E-state index is -0.606. The first kappa shape index (κ1) is 41.9. The number of rotatable bonds is 6. The molecule has 0 aliphatic heterocycles. The molecule has 2 aromatic heterocycles. The molecule has 16 rings (SSSR count). The molecule has 0 N–H and O–H groups in total. The summed E-state index contributed by atoms with van der Waals surface area (Å²) in [6.45, 7) is 4.39. The minimum Gasteiger partial charge on any atom is -0.454 e. The fourth-order valence-electron chi connectivity index (χ4n) is 13.3. The maximum absolute atomic E-state index is 6.75. The van der Waals surface area contributed by atoms with E-state index in [0.29, 0.717) is 0 Å². The predicted molar refractivity (Wildman–Crippen MR) is 311 cm³/mol. The van der Waals surface area contributed by atoms with Gasteiger partial charge in [0, 0.05) is 44.3 Å². The number of aryl methyl sites for hydroxylation is 2. The summed E-state index contributed by atoms with van der Waals surface area (Å²) in [7, 11) is 0. The maximum atomic E-state index is 6.75. The van der Waals surface area contributed by atoms with Gasteiger partial charge in [0.2, 0.25) is 0 Å². The van der Waals surface area contributed by atoms with Gasteiger partial charge >= 0.3 is 0 Å². The van der Waals surface area contributed by atoms with Crippen molar-refractivity contribution < 1.29 is 8.83 Å². The van der Waals surface area contributed by atoms with Crippen LogP contribution in [0.25, 0.3) is 87.7 Å². The van der Waals surface area contributed by atoms with Crippen molar-refractivity contribution >= 4 is 99.5 Å². The smallest absolute Gasteiger partial charge is 0.159 e. The largest absolute Gasteiger partial charge is 0.454 e. The molecule has 4 heteroatoms. The number of hydrogen-bond donors (Lipinski definition) is 0. The van der Waals surface area contributed by atoms with Gasteiger partial charge in [-0.25, -0.2) is 0 Å². The molecular formula is C71H46N2O2. The number of anilines is 6. The lowest BCUT2D eigenvalue weighted by Gasteiger charge is -2.33. The lowest BCUT2D eigenvalue weighted by atomic mass is 9.68. The number of nitrogens with zero attached hydrogens (tertiary/aromatic N) is 2. The van der Waals surface area contributed by atoms with Crippen LogP contribution in [0.3, 0.4) is 0 Å². The normalized spacial score (nSPS) is 13.0. The number of hydrogen-bond acceptors (Lipinski definition) is 4. The van der Waals surface area contributed by atoms with E-state index >= 15 is 0 Å². The molecule has 0 bridgehead atoms. The molecule has 2 aliphatic carbocycles. The van der Waals surface area contributed by atoms with Crippen LogP contribution in [0.1, 0.15) is 33.4 Å². The zero-order chi connectivity index (χ0) is 49.5. The summed E-state index contributed by atoms with van der Waals surface area (Å²) in [4.78, 5) is 4.77. The Hall–Kier alpha value is -9.64. The van der Waals surface area contributed by atoms with Gasteiger partial charge < -0.3 is 18.6 Å². The highest BCUT2D eigenvalue weighted by Gasteiger charge is 2.53. The number of benzene rings is 12. The van der Waals surface area contributed by atoms with Crippen molar-refractivity contribution in [3.05, 3.63) is 276 Å². The summed E-state index contributed by atoms with van der Waals surface area (Å²) in [5.41, 5.74) is 22.0. The van der Waals surface area contributed by atoms with Crippen LogP contribution in [-0.4, -0.2) is 0 Å². The average Bonchev–Trinajstić information content (AvgIpc) is 4.26. The summed E-state index contributed by atoms with van der Waals surface area (Å²) in [5, 5.41) is 9.26. The minimum absolute atomic E-state index is 0.606. The fourth-order valence-corrected chi connectivity index (χ4v) is 13.3. The molecule has 0 amide bonds. The van der Waals surface area contributed by atoms with Crippen LogP contribution in [0.5, 0.6) is 0 Å². The number of furan rings is 2. The van der Waals surface area contributed by atoms with Crippen molar-refractivity contribution in [2.45, 2.75) is 19.3 Å². The standard InChI is InChI=1S/C71H46N2O2/c1-43-17-3-11-27-61(43)72(63-29-15-23-57-53-21-7-13-31-65(53)74-69(57)63)47-35-39-49-45(41-47)33-37-55-56-38-34-46-42-48(36-40-50(46)68(56)71(67(49)55)59-25-9-5-19-51(59)52-20-6-10-26-60(52)71)73(62-28-12-4-18-44(62)2)64-30-16-24-58-54-22-8-14-32-66(54)75-70(58)64/h3-42H,1-2H3. The van der Waals surface area contributed by atoms with E-state index in [9.17, 15) is 0 Å². The van der Waals surface area contributed by atoms with Gasteiger partial charge in [0.25, 0.3) is 0 Å². The molecule has 0 fully saturated rings. The van der Waals surface area contributed by atoms with Gasteiger partial charge in [-0.05, 0) is 152 Å². The first-order chi connectivity index (χ1) is 37.0. The van der Waals surface area contributed by atoms with Crippen molar-refractivity contribution in [1.29, 1.82) is 0 Å². The predicted octanol–water partition coefficient (Wildman–Crippen LogP) is 19.7. The molecule has 0 unspecified atom stereocenters. The average molecular weight is 959 g/mol. The molecule has 0 saturated heterocycles. The summed E-state index contributed by atoms with van der Waals surface area (Å²) in [6, 6.07) is 89.0. The third-order valence-electron chi connectivity index (χ3n) is 16.5. The van der Waals surface area contributed by atoms with Gasteiger partial charge in [0.15, 0.2) is 11.2 Å². The third-order valence-corrected chi connectivity index (χ3v) is 16.5. The van der Waals surface area contributed by atoms with E-state index in [2.05, 4.69) is 254 Å². The first-order valence-corrected chi connectivity index (χ1v) is 25.9. The summed E-state index contributed by atoms with van der Waals surface area (Å²) in [6.07, 6.45) is 0. The van der Waals surface area contributed by atoms with Crippen molar-refractivity contribution in [1.82, 2.24) is 0 Å². The second kappa shape index (κ2) is 15.7. The molecule has 1 spiro atoms. The Morgan fingerprint density at radius 2 is 0.707 bits per heavy atom. The second-order valence-electron chi connectivity index (χ2n) is 20.4. The van der Waals surface area contributed by atoms with Crippen molar-refractivity contribution in [3.63, 3.8) is 0 Å². The van der Waals surface area contributed by atoms with E-state index in [1.165, 1.54) is 77.2 Å². The van der Waals surface area contributed by atoms with Gasteiger partial charge in [-0.3, -0.25) is 0 Å². The van der Waals surface area contributed by atoms with Crippen LogP contribution in [0.15, 0.2) is 251 Å². The van der Waals surface area contributed by atoms with Crippen LogP contribution in [0.2, 0.25) is 0 Å². The summed E-state index contributed by atoms with van der Waals surface area (Å²) in [5.74, 6) is 0. The Labute approximate surface area is 433 Å². The highest BCUT2D eigenvalue weighted by molar-refractivity contribution is 6.14. The fraction of sp³-hybridized carbons (Fsp3) is 0.0423. The third kappa shape index (κ3) is 5.77. The zero-order valence-corrected chi connectivity index (χ0v) is 41.3. The van der Waals surface area contributed by atoms with Crippen LogP contribution in [0.4, 0.5) is 34.1 Å². The monoisotopic (exact) mass is 958 g/mol. The highest BCUT2D eigenvalue weighted by Crippen LogP contribution is 2.65. The van der Waals surface area contributed by atoms with Crippen LogP contribution in [0, 0.1) is 13.8 Å². The summed E-state index contributed by atoms with van der Waals surface area (Å²) >= 11 is 0. The van der Waals surface area contributed by atoms with E-state index in [1.807, 2.05) is 12.1 Å². The topological polar surface area (TPSA) is 32.8 Å². The van der Waals surface area contributed by atoms with Gasteiger partial charge in [0.05, 0.1) is 16.8 Å². The molecule has 12 aromatic carbocycles. The first-order valence-electron chi connectivity index (χ1n) is 25.9. The second-order valence-corrected chi connectivity index (χ2v) is 20.4. The lowest BCUT2D eigenvalue weighted by molar-refractivity contribution is 0.668. The molecule has 0 radical (unpaired) electrons. The van der Waals surface area contributed by atoms with Gasteiger partial charge in [-0.2, -0.15) is 0 Å². The van der Waals surface area contributed by atoms with E-state index < -0.39 is 5.41 Å². The number of fused-ring (bicyclic) bond motifs is 20. The Kier molecular flexibility index (Phi) is 8.77. The van der Waals surface area contributed by atoms with Gasteiger partial charge in [-0.15, -0.1) is 0 Å². The molecule has 4 nitrogen and oxygen atoms in total. The highest BCUT2D eigenvalue weighted by atomic mass is 16.3.